The van der Waals surface area contributed by atoms with Crippen LogP contribution in [0.25, 0.3) is 0 Å². The lowest BCUT2D eigenvalue weighted by molar-refractivity contribution is 0.252. The number of thioether (sulfide) groups is 1. The molecular weight excluding hydrogens is 290 g/mol. The van der Waals surface area contributed by atoms with Crippen molar-refractivity contribution >= 4 is 17.4 Å². The second-order valence-electron chi connectivity index (χ2n) is 6.52. The Morgan fingerprint density at radius 2 is 2.00 bits per heavy atom. The Balaban J connectivity index is 2.23. The van der Waals surface area contributed by atoms with Gasteiger partial charge in [0.2, 0.25) is 0 Å². The maximum absolute atomic E-state index is 12.7. The molecule has 1 aromatic carbocycles. The third kappa shape index (κ3) is 4.58. The molecule has 1 aromatic rings. The van der Waals surface area contributed by atoms with Gasteiger partial charge in [0.1, 0.15) is 0 Å². The maximum atomic E-state index is 12.7. The van der Waals surface area contributed by atoms with E-state index in [1.165, 1.54) is 0 Å². The minimum atomic E-state index is -2.38. The summed E-state index contributed by atoms with van der Waals surface area (Å²) in [5.41, 5.74) is 1.08. The van der Waals surface area contributed by atoms with E-state index >= 15 is 0 Å². The molecule has 0 aliphatic carbocycles. The van der Waals surface area contributed by atoms with Crippen LogP contribution in [-0.2, 0) is 0 Å². The van der Waals surface area contributed by atoms with Gasteiger partial charge >= 0.3 is 0 Å². The maximum Gasteiger partial charge on any atom is 0.288 e. The number of alkyl halides is 2. The van der Waals surface area contributed by atoms with Crippen molar-refractivity contribution < 1.29 is 8.78 Å². The second-order valence-corrected chi connectivity index (χ2v) is 7.55. The van der Waals surface area contributed by atoms with Crippen LogP contribution in [0.5, 0.6) is 0 Å². The molecule has 1 heterocycles. The number of halogens is 2. The van der Waals surface area contributed by atoms with Crippen LogP contribution < -0.4 is 10.2 Å². The van der Waals surface area contributed by atoms with Gasteiger partial charge in [0.15, 0.2) is 0 Å². The average molecular weight is 314 g/mol. The van der Waals surface area contributed by atoms with Crippen molar-refractivity contribution in [1.82, 2.24) is 5.32 Å². The molecule has 118 valence electrons. The molecule has 1 aliphatic heterocycles. The standard InChI is InChI=1S/C16H24F2N2S/c1-16(2,3)14-11-20(10-6-9-19-14)12-7-4-5-8-13(12)21-15(17)18/h4-5,7-8,14-15,19H,6,9-11H2,1-3H3. The predicted molar refractivity (Wildman–Crippen MR) is 86.4 cm³/mol. The fourth-order valence-corrected chi connectivity index (χ4v) is 3.30. The summed E-state index contributed by atoms with van der Waals surface area (Å²) in [5.74, 6) is -2.38. The molecule has 0 aromatic heterocycles. The normalized spacial score (nSPS) is 20.7. The van der Waals surface area contributed by atoms with E-state index in [-0.39, 0.29) is 5.41 Å². The number of anilines is 1. The van der Waals surface area contributed by atoms with E-state index in [1.54, 1.807) is 6.07 Å². The monoisotopic (exact) mass is 314 g/mol. The highest BCUT2D eigenvalue weighted by Crippen LogP contribution is 2.35. The number of hydrogen-bond acceptors (Lipinski definition) is 3. The highest BCUT2D eigenvalue weighted by atomic mass is 32.2. The van der Waals surface area contributed by atoms with E-state index in [2.05, 4.69) is 31.0 Å². The van der Waals surface area contributed by atoms with Crippen molar-refractivity contribution in [1.29, 1.82) is 0 Å². The van der Waals surface area contributed by atoms with Gasteiger partial charge in [0, 0.05) is 24.0 Å². The molecule has 1 saturated heterocycles. The molecule has 0 saturated carbocycles. The van der Waals surface area contributed by atoms with E-state index in [0.717, 1.165) is 31.7 Å². The van der Waals surface area contributed by atoms with Crippen molar-refractivity contribution in [3.05, 3.63) is 24.3 Å². The first-order chi connectivity index (χ1) is 9.88. The Bertz CT molecular complexity index is 460. The van der Waals surface area contributed by atoms with Gasteiger partial charge in [-0.2, -0.15) is 8.78 Å². The Hall–Kier alpha value is -0.810. The average Bonchev–Trinajstić information content (AvgIpc) is 2.64. The largest absolute Gasteiger partial charge is 0.369 e. The summed E-state index contributed by atoms with van der Waals surface area (Å²) in [7, 11) is 0. The number of para-hydroxylation sites is 1. The summed E-state index contributed by atoms with van der Waals surface area (Å²) < 4.78 is 25.5. The molecule has 1 unspecified atom stereocenters. The zero-order chi connectivity index (χ0) is 15.5. The van der Waals surface area contributed by atoms with Gasteiger partial charge in [-0.05, 0) is 30.5 Å². The molecule has 0 bridgehead atoms. The number of nitrogens with zero attached hydrogens (tertiary/aromatic N) is 1. The first-order valence-corrected chi connectivity index (χ1v) is 8.28. The quantitative estimate of drug-likeness (QED) is 0.841. The molecule has 1 atom stereocenters. The molecule has 21 heavy (non-hydrogen) atoms. The Morgan fingerprint density at radius 3 is 2.67 bits per heavy atom. The Morgan fingerprint density at radius 1 is 1.29 bits per heavy atom. The van der Waals surface area contributed by atoms with Crippen molar-refractivity contribution in [2.45, 2.75) is 43.9 Å². The fourth-order valence-electron chi connectivity index (χ4n) is 2.64. The number of nitrogens with one attached hydrogen (secondary N) is 1. The highest BCUT2D eigenvalue weighted by molar-refractivity contribution is 7.99. The number of benzene rings is 1. The van der Waals surface area contributed by atoms with Crippen molar-refractivity contribution in [3.8, 4) is 0 Å². The lowest BCUT2D eigenvalue weighted by atomic mass is 9.86. The lowest BCUT2D eigenvalue weighted by Gasteiger charge is -2.35. The summed E-state index contributed by atoms with van der Waals surface area (Å²) in [6, 6.07) is 7.84. The van der Waals surface area contributed by atoms with E-state index in [1.807, 2.05) is 18.2 Å². The summed E-state index contributed by atoms with van der Waals surface area (Å²) >= 11 is 0.639. The van der Waals surface area contributed by atoms with Gasteiger partial charge in [-0.3, -0.25) is 0 Å². The SMILES string of the molecule is CC(C)(C)C1CN(c2ccccc2SC(F)F)CCCN1. The predicted octanol–water partition coefficient (Wildman–Crippen LogP) is 4.22. The lowest BCUT2D eigenvalue weighted by Crippen LogP contribution is -2.46. The second kappa shape index (κ2) is 6.97. The van der Waals surface area contributed by atoms with Crippen LogP contribution in [0, 0.1) is 5.41 Å². The summed E-state index contributed by atoms with van der Waals surface area (Å²) in [5, 5.41) is 3.58. The molecule has 5 heteroatoms. The van der Waals surface area contributed by atoms with Crippen LogP contribution in [-0.4, -0.2) is 31.4 Å². The Labute approximate surface area is 130 Å². The van der Waals surface area contributed by atoms with E-state index in [9.17, 15) is 8.78 Å². The van der Waals surface area contributed by atoms with Crippen molar-refractivity contribution in [2.24, 2.45) is 5.41 Å². The molecule has 0 radical (unpaired) electrons. The van der Waals surface area contributed by atoms with Crippen LogP contribution >= 0.6 is 11.8 Å². The molecule has 2 rings (SSSR count). The minimum Gasteiger partial charge on any atom is -0.369 e. The molecule has 0 amide bonds. The molecule has 0 spiro atoms. The van der Waals surface area contributed by atoms with Gasteiger partial charge in [-0.25, -0.2) is 0 Å². The third-order valence-corrected chi connectivity index (χ3v) is 4.64. The van der Waals surface area contributed by atoms with Crippen molar-refractivity contribution in [3.63, 3.8) is 0 Å². The highest BCUT2D eigenvalue weighted by Gasteiger charge is 2.29. The molecule has 1 N–H and O–H groups in total. The van der Waals surface area contributed by atoms with Crippen LogP contribution in [0.2, 0.25) is 0 Å². The zero-order valence-electron chi connectivity index (χ0n) is 12.9. The van der Waals surface area contributed by atoms with Gasteiger partial charge in [0.05, 0.1) is 5.69 Å². The molecular formula is C16H24F2N2S. The molecule has 1 aliphatic rings. The van der Waals surface area contributed by atoms with Gasteiger partial charge in [-0.15, -0.1) is 0 Å². The van der Waals surface area contributed by atoms with Gasteiger partial charge in [0.25, 0.3) is 5.76 Å². The van der Waals surface area contributed by atoms with E-state index in [0.29, 0.717) is 22.7 Å². The van der Waals surface area contributed by atoms with Crippen LogP contribution in [0.4, 0.5) is 14.5 Å². The van der Waals surface area contributed by atoms with Crippen LogP contribution in [0.3, 0.4) is 0 Å². The van der Waals surface area contributed by atoms with Crippen LogP contribution in [0.15, 0.2) is 29.2 Å². The zero-order valence-corrected chi connectivity index (χ0v) is 13.7. The first kappa shape index (κ1) is 16.6. The number of rotatable bonds is 3. The number of hydrogen-bond donors (Lipinski definition) is 1. The van der Waals surface area contributed by atoms with Gasteiger partial charge in [-0.1, -0.05) is 44.7 Å². The van der Waals surface area contributed by atoms with E-state index < -0.39 is 5.76 Å². The topological polar surface area (TPSA) is 15.3 Å². The molecule has 1 fully saturated rings. The van der Waals surface area contributed by atoms with Crippen LogP contribution in [0.1, 0.15) is 27.2 Å². The smallest absolute Gasteiger partial charge is 0.288 e. The Kier molecular flexibility index (Phi) is 5.49. The summed E-state index contributed by atoms with van der Waals surface area (Å²) in [6.45, 7) is 9.38. The summed E-state index contributed by atoms with van der Waals surface area (Å²) in [4.78, 5) is 2.92. The minimum absolute atomic E-state index is 0.146. The fraction of sp³-hybridized carbons (Fsp3) is 0.625. The molecule has 2 nitrogen and oxygen atoms in total. The first-order valence-electron chi connectivity index (χ1n) is 7.40. The van der Waals surface area contributed by atoms with Gasteiger partial charge < -0.3 is 10.2 Å². The summed E-state index contributed by atoms with van der Waals surface area (Å²) in [6.07, 6.45) is 1.03. The third-order valence-electron chi connectivity index (χ3n) is 3.87. The van der Waals surface area contributed by atoms with Crippen molar-refractivity contribution in [2.75, 3.05) is 24.5 Å². The van der Waals surface area contributed by atoms with E-state index in [4.69, 9.17) is 0 Å².